The number of halogens is 1. The first kappa shape index (κ1) is 16.2. The minimum Gasteiger partial charge on any atom is -0.342 e. The Bertz CT molecular complexity index is 529. The molecule has 0 saturated carbocycles. The highest BCUT2D eigenvalue weighted by Crippen LogP contribution is 2.13. The van der Waals surface area contributed by atoms with Gasteiger partial charge in [-0.15, -0.1) is 0 Å². The largest absolute Gasteiger partial charge is 0.342 e. The van der Waals surface area contributed by atoms with Crippen LogP contribution in [-0.2, 0) is 0 Å². The Balaban J connectivity index is 2.83. The number of hydrogen-bond donors (Lipinski definition) is 1. The van der Waals surface area contributed by atoms with Crippen molar-refractivity contribution in [3.63, 3.8) is 0 Å². The summed E-state index contributed by atoms with van der Waals surface area (Å²) in [6, 6.07) is 4.38. The predicted octanol–water partition coefficient (Wildman–Crippen LogP) is 2.25. The summed E-state index contributed by atoms with van der Waals surface area (Å²) in [4.78, 5) is 13.7. The van der Waals surface area contributed by atoms with E-state index in [1.165, 1.54) is 12.1 Å². The number of nitrogens with zero attached hydrogens (tertiary/aromatic N) is 1. The monoisotopic (exact) mass is 276 g/mol. The van der Waals surface area contributed by atoms with Gasteiger partial charge in [-0.3, -0.25) is 4.79 Å². The van der Waals surface area contributed by atoms with E-state index in [0.717, 1.165) is 6.42 Å². The molecule has 20 heavy (non-hydrogen) atoms. The van der Waals surface area contributed by atoms with E-state index in [9.17, 15) is 9.18 Å². The molecule has 0 aliphatic carbocycles. The summed E-state index contributed by atoms with van der Waals surface area (Å²) in [5.41, 5.74) is 5.86. The van der Waals surface area contributed by atoms with Crippen LogP contribution in [0.2, 0.25) is 0 Å². The van der Waals surface area contributed by atoms with Crippen molar-refractivity contribution < 1.29 is 9.18 Å². The summed E-state index contributed by atoms with van der Waals surface area (Å²) in [5, 5.41) is 0. The molecule has 4 heteroatoms. The van der Waals surface area contributed by atoms with Gasteiger partial charge in [-0.1, -0.05) is 25.7 Å². The van der Waals surface area contributed by atoms with Gasteiger partial charge in [-0.2, -0.15) is 0 Å². The summed E-state index contributed by atoms with van der Waals surface area (Å²) >= 11 is 0. The number of carbonyl (C=O) groups is 1. The van der Waals surface area contributed by atoms with E-state index in [4.69, 9.17) is 5.73 Å². The van der Waals surface area contributed by atoms with Gasteiger partial charge >= 0.3 is 0 Å². The van der Waals surface area contributed by atoms with Crippen LogP contribution < -0.4 is 5.73 Å². The van der Waals surface area contributed by atoms with E-state index in [1.807, 2.05) is 0 Å². The standard InChI is InChI=1S/C16H21FN2O/c1-12(2)8-10-19(3)16(20)14-7-6-13(5-4-9-18)11-15(14)17/h6-7,11-12H,8-10,18H2,1-3H3. The second-order valence-corrected chi connectivity index (χ2v) is 5.11. The third-order valence-electron chi connectivity index (χ3n) is 2.92. The molecule has 0 fully saturated rings. The zero-order chi connectivity index (χ0) is 15.1. The molecule has 1 rings (SSSR count). The van der Waals surface area contributed by atoms with Crippen molar-refractivity contribution in [2.75, 3.05) is 20.1 Å². The second kappa shape index (κ2) is 7.66. The average molecular weight is 276 g/mol. The zero-order valence-corrected chi connectivity index (χ0v) is 12.2. The number of rotatable bonds is 4. The molecular formula is C16H21FN2O. The zero-order valence-electron chi connectivity index (χ0n) is 12.2. The number of benzene rings is 1. The van der Waals surface area contributed by atoms with Crippen molar-refractivity contribution >= 4 is 5.91 Å². The molecule has 0 aliphatic heterocycles. The topological polar surface area (TPSA) is 46.3 Å². The molecule has 1 aromatic rings. The van der Waals surface area contributed by atoms with Gasteiger partial charge in [-0.25, -0.2) is 4.39 Å². The minimum absolute atomic E-state index is 0.0783. The maximum atomic E-state index is 13.9. The predicted molar refractivity (Wildman–Crippen MR) is 78.7 cm³/mol. The molecule has 0 heterocycles. The van der Waals surface area contributed by atoms with E-state index >= 15 is 0 Å². The average Bonchev–Trinajstić information content (AvgIpc) is 2.41. The number of nitrogens with two attached hydrogens (primary N) is 1. The summed E-state index contributed by atoms with van der Waals surface area (Å²) in [7, 11) is 1.69. The van der Waals surface area contributed by atoms with Crippen molar-refractivity contribution in [2.24, 2.45) is 11.7 Å². The number of hydrogen-bond acceptors (Lipinski definition) is 2. The molecular weight excluding hydrogens is 255 g/mol. The quantitative estimate of drug-likeness (QED) is 0.857. The van der Waals surface area contributed by atoms with Gasteiger partial charge in [0.25, 0.3) is 5.91 Å². The summed E-state index contributed by atoms with van der Waals surface area (Å²) in [5.74, 6) is 5.05. The van der Waals surface area contributed by atoms with Crippen molar-refractivity contribution in [1.29, 1.82) is 0 Å². The van der Waals surface area contributed by atoms with Crippen LogP contribution in [0.1, 0.15) is 36.2 Å². The lowest BCUT2D eigenvalue weighted by Crippen LogP contribution is -2.29. The number of amides is 1. The van der Waals surface area contributed by atoms with Crippen LogP contribution in [0.5, 0.6) is 0 Å². The molecule has 1 aromatic carbocycles. The van der Waals surface area contributed by atoms with Gasteiger partial charge in [-0.05, 0) is 30.5 Å². The molecule has 0 atom stereocenters. The Morgan fingerprint density at radius 1 is 1.45 bits per heavy atom. The van der Waals surface area contributed by atoms with E-state index in [1.54, 1.807) is 18.0 Å². The fourth-order valence-electron chi connectivity index (χ4n) is 1.68. The Labute approximate surface area is 120 Å². The molecule has 0 aliphatic rings. The Morgan fingerprint density at radius 3 is 2.70 bits per heavy atom. The van der Waals surface area contributed by atoms with Crippen LogP contribution in [0.25, 0.3) is 0 Å². The van der Waals surface area contributed by atoms with Crippen molar-refractivity contribution in [1.82, 2.24) is 4.90 Å². The first-order chi connectivity index (χ1) is 9.45. The summed E-state index contributed by atoms with van der Waals surface area (Å²) in [6.45, 7) is 5.01. The SMILES string of the molecule is CC(C)CCN(C)C(=O)c1ccc(C#CCN)cc1F. The lowest BCUT2D eigenvalue weighted by atomic mass is 10.1. The summed E-state index contributed by atoms with van der Waals surface area (Å²) in [6.07, 6.45) is 0.893. The fourth-order valence-corrected chi connectivity index (χ4v) is 1.68. The Morgan fingerprint density at radius 2 is 2.15 bits per heavy atom. The third kappa shape index (κ3) is 4.67. The maximum absolute atomic E-state index is 13.9. The minimum atomic E-state index is -0.546. The molecule has 0 bridgehead atoms. The van der Waals surface area contributed by atoms with E-state index in [0.29, 0.717) is 18.0 Å². The third-order valence-corrected chi connectivity index (χ3v) is 2.92. The van der Waals surface area contributed by atoms with Gasteiger partial charge in [0.1, 0.15) is 5.82 Å². The van der Waals surface area contributed by atoms with Gasteiger partial charge in [0, 0.05) is 19.2 Å². The first-order valence-electron chi connectivity index (χ1n) is 6.69. The summed E-state index contributed by atoms with van der Waals surface area (Å²) < 4.78 is 13.9. The first-order valence-corrected chi connectivity index (χ1v) is 6.69. The van der Waals surface area contributed by atoms with Crippen LogP contribution in [0.4, 0.5) is 4.39 Å². The van der Waals surface area contributed by atoms with Gasteiger partial charge in [0.2, 0.25) is 0 Å². The molecule has 0 saturated heterocycles. The van der Waals surface area contributed by atoms with E-state index < -0.39 is 5.82 Å². The normalized spacial score (nSPS) is 10.1. The van der Waals surface area contributed by atoms with Gasteiger partial charge < -0.3 is 10.6 Å². The molecule has 1 amide bonds. The number of carbonyl (C=O) groups excluding carboxylic acids is 1. The maximum Gasteiger partial charge on any atom is 0.256 e. The molecule has 0 unspecified atom stereocenters. The molecule has 0 radical (unpaired) electrons. The molecule has 3 nitrogen and oxygen atoms in total. The lowest BCUT2D eigenvalue weighted by Gasteiger charge is -2.18. The highest BCUT2D eigenvalue weighted by atomic mass is 19.1. The van der Waals surface area contributed by atoms with Gasteiger partial charge in [0.15, 0.2) is 0 Å². The highest BCUT2D eigenvalue weighted by Gasteiger charge is 2.16. The van der Waals surface area contributed by atoms with Crippen molar-refractivity contribution in [3.05, 3.63) is 35.1 Å². The molecule has 108 valence electrons. The highest BCUT2D eigenvalue weighted by molar-refractivity contribution is 5.94. The van der Waals surface area contributed by atoms with E-state index in [-0.39, 0.29) is 18.0 Å². The van der Waals surface area contributed by atoms with Crippen LogP contribution in [0, 0.1) is 23.6 Å². The Kier molecular flexibility index (Phi) is 6.20. The van der Waals surface area contributed by atoms with Crippen LogP contribution in [0.15, 0.2) is 18.2 Å². The second-order valence-electron chi connectivity index (χ2n) is 5.11. The van der Waals surface area contributed by atoms with Crippen molar-refractivity contribution in [2.45, 2.75) is 20.3 Å². The molecule has 2 N–H and O–H groups in total. The molecule has 0 aromatic heterocycles. The lowest BCUT2D eigenvalue weighted by molar-refractivity contribution is 0.0784. The fraction of sp³-hybridized carbons (Fsp3) is 0.438. The smallest absolute Gasteiger partial charge is 0.256 e. The van der Waals surface area contributed by atoms with Crippen molar-refractivity contribution in [3.8, 4) is 11.8 Å². The van der Waals surface area contributed by atoms with Crippen LogP contribution >= 0.6 is 0 Å². The van der Waals surface area contributed by atoms with E-state index in [2.05, 4.69) is 25.7 Å². The van der Waals surface area contributed by atoms with Crippen LogP contribution in [-0.4, -0.2) is 30.9 Å². The van der Waals surface area contributed by atoms with Gasteiger partial charge in [0.05, 0.1) is 12.1 Å². The van der Waals surface area contributed by atoms with Crippen LogP contribution in [0.3, 0.4) is 0 Å². The Hall–Kier alpha value is -1.86. The molecule has 0 spiro atoms.